The van der Waals surface area contributed by atoms with Gasteiger partial charge in [-0.3, -0.25) is 0 Å². The van der Waals surface area contributed by atoms with E-state index in [9.17, 15) is 9.50 Å². The third-order valence-electron chi connectivity index (χ3n) is 4.24. The van der Waals surface area contributed by atoms with E-state index in [2.05, 4.69) is 0 Å². The van der Waals surface area contributed by atoms with Crippen molar-refractivity contribution in [2.45, 2.75) is 31.6 Å². The Balaban J connectivity index is 1.94. The fraction of sp³-hybridized carbons (Fsp3) is 0.538. The second-order valence-corrected chi connectivity index (χ2v) is 5.41. The fourth-order valence-electron chi connectivity index (χ4n) is 3.51. The first-order chi connectivity index (χ1) is 7.11. The normalized spacial score (nSPS) is 37.0. The average molecular weight is 206 g/mol. The molecule has 0 unspecified atom stereocenters. The highest BCUT2D eigenvalue weighted by atomic mass is 19.1. The van der Waals surface area contributed by atoms with Crippen LogP contribution in [-0.2, 0) is 5.41 Å². The van der Waals surface area contributed by atoms with Crippen LogP contribution in [0.5, 0.6) is 0 Å². The molecule has 1 aromatic carbocycles. The van der Waals surface area contributed by atoms with Gasteiger partial charge in [-0.2, -0.15) is 0 Å². The highest BCUT2D eigenvalue weighted by Crippen LogP contribution is 2.73. The van der Waals surface area contributed by atoms with Crippen LogP contribution in [0.15, 0.2) is 18.2 Å². The van der Waals surface area contributed by atoms with E-state index < -0.39 is 0 Å². The smallest absolute Gasteiger partial charge is 0.129 e. The number of hydrogen-bond donors (Lipinski definition) is 1. The molecule has 2 heteroatoms. The molecular weight excluding hydrogens is 191 g/mol. The fourth-order valence-corrected chi connectivity index (χ4v) is 3.51. The molecule has 3 aliphatic carbocycles. The molecule has 0 aliphatic heterocycles. The molecule has 3 saturated carbocycles. The summed E-state index contributed by atoms with van der Waals surface area (Å²) < 4.78 is 13.9. The molecule has 0 heterocycles. The van der Waals surface area contributed by atoms with E-state index in [0.29, 0.717) is 0 Å². The minimum absolute atomic E-state index is 0.0382. The zero-order valence-corrected chi connectivity index (χ0v) is 8.89. The Kier molecular flexibility index (Phi) is 1.63. The number of halogens is 1. The van der Waals surface area contributed by atoms with Crippen molar-refractivity contribution in [2.75, 3.05) is 6.61 Å². The molecule has 1 aromatic rings. The van der Waals surface area contributed by atoms with Crippen molar-refractivity contribution < 1.29 is 9.50 Å². The maximum Gasteiger partial charge on any atom is 0.129 e. The van der Waals surface area contributed by atoms with Crippen LogP contribution in [0.2, 0.25) is 0 Å². The first kappa shape index (κ1) is 9.34. The molecule has 0 spiro atoms. The first-order valence-electron chi connectivity index (χ1n) is 5.47. The van der Waals surface area contributed by atoms with Crippen molar-refractivity contribution in [3.63, 3.8) is 0 Å². The van der Waals surface area contributed by atoms with Crippen LogP contribution in [-0.4, -0.2) is 11.7 Å². The molecule has 1 N–H and O–H groups in total. The molecule has 4 rings (SSSR count). The Labute approximate surface area is 88.9 Å². The van der Waals surface area contributed by atoms with Crippen molar-refractivity contribution in [2.24, 2.45) is 5.41 Å². The van der Waals surface area contributed by atoms with Gasteiger partial charge < -0.3 is 5.11 Å². The van der Waals surface area contributed by atoms with Crippen LogP contribution in [0.1, 0.15) is 30.4 Å². The predicted octanol–water partition coefficient (Wildman–Crippen LogP) is 2.55. The zero-order chi connectivity index (χ0) is 10.7. The van der Waals surface area contributed by atoms with Crippen LogP contribution in [0.4, 0.5) is 4.39 Å². The van der Waals surface area contributed by atoms with Crippen LogP contribution >= 0.6 is 0 Å². The number of rotatable bonds is 2. The van der Waals surface area contributed by atoms with Gasteiger partial charge in [-0.05, 0) is 42.7 Å². The maximum atomic E-state index is 13.9. The third kappa shape index (κ3) is 1.01. The summed E-state index contributed by atoms with van der Waals surface area (Å²) in [6.45, 7) is 2.08. The van der Waals surface area contributed by atoms with Crippen LogP contribution < -0.4 is 0 Å². The molecule has 15 heavy (non-hydrogen) atoms. The third-order valence-corrected chi connectivity index (χ3v) is 4.24. The van der Waals surface area contributed by atoms with E-state index in [1.54, 1.807) is 0 Å². The molecule has 3 aliphatic rings. The van der Waals surface area contributed by atoms with E-state index in [1.165, 1.54) is 0 Å². The van der Waals surface area contributed by atoms with E-state index in [1.807, 2.05) is 25.1 Å². The summed E-state index contributed by atoms with van der Waals surface area (Å²) in [5.74, 6) is -0.0382. The van der Waals surface area contributed by atoms with E-state index >= 15 is 0 Å². The van der Waals surface area contributed by atoms with Gasteiger partial charge in [0.2, 0.25) is 0 Å². The first-order valence-corrected chi connectivity index (χ1v) is 5.47. The molecule has 80 valence electrons. The molecule has 3 fully saturated rings. The Morgan fingerprint density at radius 2 is 2.00 bits per heavy atom. The molecule has 0 atom stereocenters. The number of aryl methyl sites for hydroxylation is 1. The Morgan fingerprint density at radius 1 is 1.33 bits per heavy atom. The van der Waals surface area contributed by atoms with Crippen molar-refractivity contribution in [1.29, 1.82) is 0 Å². The van der Waals surface area contributed by atoms with Crippen LogP contribution in [0, 0.1) is 18.2 Å². The summed E-state index contributed by atoms with van der Waals surface area (Å²) in [7, 11) is 0. The number of hydrogen-bond acceptors (Lipinski definition) is 1. The van der Waals surface area contributed by atoms with Crippen LogP contribution in [0.3, 0.4) is 0 Å². The molecule has 0 aromatic heterocycles. The Morgan fingerprint density at radius 3 is 2.60 bits per heavy atom. The largest absolute Gasteiger partial charge is 0.396 e. The second-order valence-electron chi connectivity index (χ2n) is 5.41. The van der Waals surface area contributed by atoms with Gasteiger partial charge in [0.25, 0.3) is 0 Å². The summed E-state index contributed by atoms with van der Waals surface area (Å²) in [5, 5.41) is 9.17. The molecule has 0 saturated heterocycles. The second kappa shape index (κ2) is 2.62. The van der Waals surface area contributed by atoms with Crippen LogP contribution in [0.25, 0.3) is 0 Å². The van der Waals surface area contributed by atoms with Gasteiger partial charge in [-0.1, -0.05) is 18.2 Å². The highest BCUT2D eigenvalue weighted by molar-refractivity contribution is 5.41. The minimum atomic E-state index is -0.0382. The van der Waals surface area contributed by atoms with Gasteiger partial charge in [0.1, 0.15) is 5.82 Å². The lowest BCUT2D eigenvalue weighted by Crippen LogP contribution is -2.66. The van der Waals surface area contributed by atoms with Crippen molar-refractivity contribution >= 4 is 0 Å². The molecular formula is C13H15FO. The summed E-state index contributed by atoms with van der Waals surface area (Å²) in [5.41, 5.74) is 1.82. The summed E-state index contributed by atoms with van der Waals surface area (Å²) in [6.07, 6.45) is 2.91. The highest BCUT2D eigenvalue weighted by Gasteiger charge is 2.68. The maximum absolute atomic E-state index is 13.9. The summed E-state index contributed by atoms with van der Waals surface area (Å²) >= 11 is 0. The number of aliphatic hydroxyl groups is 1. The lowest BCUT2D eigenvalue weighted by molar-refractivity contribution is -0.169. The SMILES string of the molecule is Cc1cccc(C23CC(CO)(C2)C3)c1F. The monoisotopic (exact) mass is 206 g/mol. The molecule has 0 radical (unpaired) electrons. The summed E-state index contributed by atoms with van der Waals surface area (Å²) in [6, 6.07) is 5.65. The average Bonchev–Trinajstić information content (AvgIpc) is 2.08. The van der Waals surface area contributed by atoms with Gasteiger partial charge in [-0.15, -0.1) is 0 Å². The van der Waals surface area contributed by atoms with Gasteiger partial charge in [0.05, 0.1) is 0 Å². The Hall–Kier alpha value is -0.890. The molecule has 1 nitrogen and oxygen atoms in total. The molecule has 2 bridgehead atoms. The van der Waals surface area contributed by atoms with E-state index in [4.69, 9.17) is 0 Å². The summed E-state index contributed by atoms with van der Waals surface area (Å²) in [4.78, 5) is 0. The number of benzene rings is 1. The van der Waals surface area contributed by atoms with Crippen molar-refractivity contribution in [3.8, 4) is 0 Å². The quantitative estimate of drug-likeness (QED) is 0.788. The van der Waals surface area contributed by atoms with Crippen molar-refractivity contribution in [3.05, 3.63) is 35.1 Å². The van der Waals surface area contributed by atoms with Gasteiger partial charge >= 0.3 is 0 Å². The van der Waals surface area contributed by atoms with Gasteiger partial charge in [0, 0.05) is 12.0 Å². The molecule has 0 amide bonds. The lowest BCUT2D eigenvalue weighted by atomic mass is 9.34. The van der Waals surface area contributed by atoms with E-state index in [-0.39, 0.29) is 23.3 Å². The van der Waals surface area contributed by atoms with E-state index in [0.717, 1.165) is 30.4 Å². The predicted molar refractivity (Wildman–Crippen MR) is 56.2 cm³/mol. The standard InChI is InChI=1S/C13H15FO/c1-9-3-2-4-10(11(9)14)13-5-12(6-13,7-13)8-15/h2-4,15H,5-8H2,1H3. The Bertz CT molecular complexity index is 405. The topological polar surface area (TPSA) is 20.2 Å². The minimum Gasteiger partial charge on any atom is -0.396 e. The van der Waals surface area contributed by atoms with Gasteiger partial charge in [0.15, 0.2) is 0 Å². The van der Waals surface area contributed by atoms with Crippen molar-refractivity contribution in [1.82, 2.24) is 0 Å². The van der Waals surface area contributed by atoms with Gasteiger partial charge in [-0.25, -0.2) is 4.39 Å². The zero-order valence-electron chi connectivity index (χ0n) is 8.89. The number of aliphatic hydroxyl groups excluding tert-OH is 1. The lowest BCUT2D eigenvalue weighted by Gasteiger charge is -2.70.